The second kappa shape index (κ2) is 9.13. The Bertz CT molecular complexity index is 736. The van der Waals surface area contributed by atoms with Gasteiger partial charge in [0.1, 0.15) is 5.75 Å². The maximum atomic E-state index is 9.56. The van der Waals surface area contributed by atoms with Crippen LogP contribution in [0.5, 0.6) is 5.75 Å². The third-order valence-electron chi connectivity index (χ3n) is 3.39. The molecular weight excluding hydrogens is 302 g/mol. The molecule has 0 spiro atoms. The molecule has 0 bridgehead atoms. The Balaban J connectivity index is 2.16. The molecule has 24 heavy (non-hydrogen) atoms. The monoisotopic (exact) mass is 322 g/mol. The van der Waals surface area contributed by atoms with Gasteiger partial charge in [-0.25, -0.2) is 0 Å². The van der Waals surface area contributed by atoms with Gasteiger partial charge in [-0.3, -0.25) is 4.90 Å². The first-order valence-corrected chi connectivity index (χ1v) is 7.59. The Morgan fingerprint density at radius 3 is 2.54 bits per heavy atom. The van der Waals surface area contributed by atoms with Crippen molar-refractivity contribution in [2.45, 2.75) is 13.1 Å². The minimum Gasteiger partial charge on any atom is -0.475 e. The van der Waals surface area contributed by atoms with E-state index in [1.807, 2.05) is 42.5 Å². The first kappa shape index (κ1) is 17.3. The van der Waals surface area contributed by atoms with E-state index in [4.69, 9.17) is 10.1 Å². The van der Waals surface area contributed by atoms with Crippen LogP contribution >= 0.6 is 0 Å². The first-order valence-electron chi connectivity index (χ1n) is 7.59. The van der Waals surface area contributed by atoms with Crippen LogP contribution in [-0.2, 0) is 13.1 Å². The molecule has 0 aromatic heterocycles. The van der Waals surface area contributed by atoms with E-state index in [1.165, 1.54) is 5.56 Å². The first-order chi connectivity index (χ1) is 11.7. The van der Waals surface area contributed by atoms with Crippen molar-refractivity contribution in [3.63, 3.8) is 0 Å². The predicted molar refractivity (Wildman–Crippen MR) is 93.6 cm³/mol. The van der Waals surface area contributed by atoms with E-state index < -0.39 is 5.95 Å². The van der Waals surface area contributed by atoms with Crippen LogP contribution in [0.1, 0.15) is 11.1 Å². The highest BCUT2D eigenvalue weighted by Crippen LogP contribution is 2.22. The molecule has 1 N–H and O–H groups in total. The van der Waals surface area contributed by atoms with Gasteiger partial charge >= 0.3 is 12.1 Å². The van der Waals surface area contributed by atoms with Crippen molar-refractivity contribution in [2.75, 3.05) is 6.54 Å². The van der Waals surface area contributed by atoms with Gasteiger partial charge in [-0.15, -0.1) is 6.58 Å². The summed E-state index contributed by atoms with van der Waals surface area (Å²) in [4.78, 5) is 4.96. The fourth-order valence-electron chi connectivity index (χ4n) is 2.37. The molecule has 0 saturated carbocycles. The highest BCUT2D eigenvalue weighted by Gasteiger charge is 2.12. The van der Waals surface area contributed by atoms with E-state index in [0.717, 1.165) is 24.9 Å². The Morgan fingerprint density at radius 1 is 1.12 bits per heavy atom. The predicted octanol–water partition coefficient (Wildman–Crippen LogP) is 4.46. The van der Waals surface area contributed by atoms with Gasteiger partial charge < -0.3 is 9.84 Å². The summed E-state index contributed by atoms with van der Waals surface area (Å²) in [5.41, 5.74) is 2.12. The van der Waals surface area contributed by atoms with Gasteiger partial charge in [0.2, 0.25) is 5.39 Å². The van der Waals surface area contributed by atoms with Crippen molar-refractivity contribution in [1.29, 1.82) is 5.39 Å². The molecule has 2 aromatic carbocycles. The van der Waals surface area contributed by atoms with Crippen molar-refractivity contribution in [1.82, 2.24) is 4.90 Å². The number of aliphatic hydroxyl groups is 1. The van der Waals surface area contributed by atoms with Gasteiger partial charge in [-0.05, 0) is 11.6 Å². The van der Waals surface area contributed by atoms with Crippen LogP contribution in [0.3, 0.4) is 0 Å². The number of hydrogen-bond donors (Lipinski definition) is 1. The van der Waals surface area contributed by atoms with Gasteiger partial charge in [0.15, 0.2) is 4.98 Å². The van der Waals surface area contributed by atoms with Crippen LogP contribution in [0.25, 0.3) is 4.98 Å². The molecule has 0 aliphatic heterocycles. The van der Waals surface area contributed by atoms with Crippen LogP contribution in [0.15, 0.2) is 79.4 Å². The molecule has 0 heterocycles. The van der Waals surface area contributed by atoms with Gasteiger partial charge in [-0.2, -0.15) is 0 Å². The van der Waals surface area contributed by atoms with Crippen molar-refractivity contribution in [2.24, 2.45) is 0 Å². The fraction of sp³-hybridized carbons (Fsp3) is 0.158. The zero-order valence-corrected chi connectivity index (χ0v) is 13.4. The van der Waals surface area contributed by atoms with E-state index >= 15 is 0 Å². The lowest BCUT2D eigenvalue weighted by molar-refractivity contribution is 0.203. The zero-order valence-electron chi connectivity index (χ0n) is 13.4. The minimum absolute atomic E-state index is 0.469. The maximum Gasteiger partial charge on any atom is 0.430 e. The van der Waals surface area contributed by atoms with Crippen molar-refractivity contribution >= 4 is 0 Å². The summed E-state index contributed by atoms with van der Waals surface area (Å²) < 4.78 is 5.33. The molecule has 0 aliphatic carbocycles. The summed E-state index contributed by atoms with van der Waals surface area (Å²) >= 11 is 0. The van der Waals surface area contributed by atoms with E-state index in [0.29, 0.717) is 12.3 Å². The Labute approximate surface area is 141 Å². The third-order valence-corrected chi connectivity index (χ3v) is 3.39. The average molecular weight is 322 g/mol. The second-order valence-corrected chi connectivity index (χ2v) is 5.24. The summed E-state index contributed by atoms with van der Waals surface area (Å²) in [6.07, 6.45) is 2.69. The SMILES string of the molecule is C=CCN(Cc1ccccc1)Cc1ccccc1O/C(O)=C\[N+]#N. The molecule has 2 aromatic rings. The molecule has 2 rings (SSSR count). The largest absolute Gasteiger partial charge is 0.475 e. The molecule has 0 amide bonds. The summed E-state index contributed by atoms with van der Waals surface area (Å²) in [7, 11) is 0. The lowest BCUT2D eigenvalue weighted by atomic mass is 10.1. The number of aliphatic hydroxyl groups excluding tert-OH is 1. The maximum absolute atomic E-state index is 9.56. The number of nitrogens with zero attached hydrogens (tertiary/aromatic N) is 3. The zero-order chi connectivity index (χ0) is 17.2. The molecule has 0 aliphatic rings. The molecule has 5 nitrogen and oxygen atoms in total. The molecule has 0 radical (unpaired) electrons. The highest BCUT2D eigenvalue weighted by molar-refractivity contribution is 5.34. The standard InChI is InChI=1S/C19H19N3O2/c1-2-12-22(14-16-8-4-3-5-9-16)15-17-10-6-7-11-18(17)24-19(23)13-21-20/h2-11,13H,1,12,14-15H2/p+1/b19-13-. The number of hydrogen-bond acceptors (Lipinski definition) is 4. The lowest BCUT2D eigenvalue weighted by Crippen LogP contribution is -2.23. The number of rotatable bonds is 8. The Kier molecular flexibility index (Phi) is 6.57. The number of ether oxygens (including phenoxy) is 1. The molecule has 0 unspecified atom stereocenters. The summed E-state index contributed by atoms with van der Waals surface area (Å²) in [5.74, 6) is 0.0419. The van der Waals surface area contributed by atoms with Crippen LogP contribution in [0, 0.1) is 5.39 Å². The van der Waals surface area contributed by atoms with Gasteiger partial charge in [0.25, 0.3) is 0 Å². The highest BCUT2D eigenvalue weighted by atomic mass is 16.6. The van der Waals surface area contributed by atoms with Gasteiger partial charge in [0.05, 0.1) is 0 Å². The Hall–Kier alpha value is -3.10. The van der Waals surface area contributed by atoms with Crippen molar-refractivity contribution in [3.05, 3.63) is 95.5 Å². The summed E-state index contributed by atoms with van der Waals surface area (Å²) in [5, 5.41) is 18.0. The van der Waals surface area contributed by atoms with E-state index in [1.54, 1.807) is 6.07 Å². The smallest absolute Gasteiger partial charge is 0.430 e. The van der Waals surface area contributed by atoms with Crippen LogP contribution in [0.2, 0.25) is 0 Å². The molecule has 0 saturated heterocycles. The van der Waals surface area contributed by atoms with Crippen LogP contribution in [0.4, 0.5) is 0 Å². The van der Waals surface area contributed by atoms with Gasteiger partial charge in [0, 0.05) is 25.2 Å². The fourth-order valence-corrected chi connectivity index (χ4v) is 2.37. The van der Waals surface area contributed by atoms with Crippen molar-refractivity contribution in [3.8, 4) is 5.75 Å². The van der Waals surface area contributed by atoms with Gasteiger partial charge in [-0.1, -0.05) is 54.6 Å². The second-order valence-electron chi connectivity index (χ2n) is 5.24. The van der Waals surface area contributed by atoms with Crippen LogP contribution in [-0.4, -0.2) is 16.6 Å². The van der Waals surface area contributed by atoms with E-state index in [9.17, 15) is 5.11 Å². The number of benzene rings is 2. The van der Waals surface area contributed by atoms with E-state index in [-0.39, 0.29) is 0 Å². The lowest BCUT2D eigenvalue weighted by Gasteiger charge is -2.22. The molecule has 0 fully saturated rings. The summed E-state index contributed by atoms with van der Waals surface area (Å²) in [6, 6.07) is 17.6. The van der Waals surface area contributed by atoms with Crippen molar-refractivity contribution < 1.29 is 9.84 Å². The summed E-state index contributed by atoms with van der Waals surface area (Å²) in [6.45, 7) is 5.93. The minimum atomic E-state index is -0.469. The molecular formula is C19H20N3O2+. The number of diazo groups is 1. The van der Waals surface area contributed by atoms with Crippen LogP contribution < -0.4 is 4.74 Å². The Morgan fingerprint density at radius 2 is 1.83 bits per heavy atom. The van der Waals surface area contributed by atoms with E-state index in [2.05, 4.69) is 28.6 Å². The molecule has 122 valence electrons. The normalized spacial score (nSPS) is 11.1. The molecule has 5 heteroatoms. The molecule has 0 atom stereocenters. The average Bonchev–Trinajstić information content (AvgIpc) is 2.58. The number of para-hydroxylation sites is 1. The topological polar surface area (TPSA) is 60.9 Å². The quantitative estimate of drug-likeness (QED) is 0.443. The third kappa shape index (κ3) is 5.27.